The molecule has 0 aliphatic carbocycles. The van der Waals surface area contributed by atoms with Crippen molar-refractivity contribution >= 4 is 17.9 Å². The Bertz CT molecular complexity index is 1430. The lowest BCUT2D eigenvalue weighted by Crippen LogP contribution is -2.72. The van der Waals surface area contributed by atoms with Gasteiger partial charge >= 0.3 is 6.09 Å². The summed E-state index contributed by atoms with van der Waals surface area (Å²) in [7, 11) is 0. The number of rotatable bonds is 14. The van der Waals surface area contributed by atoms with E-state index in [2.05, 4.69) is 39.8 Å². The summed E-state index contributed by atoms with van der Waals surface area (Å²) in [6.45, 7) is 6.03. The smallest absolute Gasteiger partial charge is 0.407 e. The number of hydrogen-bond donors (Lipinski definition) is 2. The Hall–Kier alpha value is -4.37. The van der Waals surface area contributed by atoms with Crippen LogP contribution in [-0.4, -0.2) is 65.5 Å². The molecule has 1 atom stereocenters. The number of alkyl carbamates (subject to hydrolysis) is 1. The van der Waals surface area contributed by atoms with Crippen molar-refractivity contribution in [3.63, 3.8) is 0 Å². The molecule has 2 aliphatic rings. The number of amides is 3. The standard InChI is InChI=1S/C37H46N4O5/c1-2-22-41-34(42)33(18-9-10-21-38-36(44)46-28-30-14-7-4-8-15-30)39-35(43)37(41)19-23-40(24-20-37)26-31-16-11-17-32(25-31)45-27-29-12-5-3-6-13-29/h3-8,11-17,25,33H,2,9-10,18-24,26-28H2,1H3,(H,38,44)(H,39,43)/t33-/m0/s1. The number of nitrogens with zero attached hydrogens (tertiary/aromatic N) is 2. The number of ether oxygens (including phenoxy) is 2. The molecule has 2 saturated heterocycles. The second-order valence-electron chi connectivity index (χ2n) is 12.2. The molecule has 0 radical (unpaired) electrons. The molecule has 46 heavy (non-hydrogen) atoms. The number of likely N-dealkylation sites (tertiary alicyclic amines) is 1. The Kier molecular flexibility index (Phi) is 11.7. The van der Waals surface area contributed by atoms with E-state index >= 15 is 0 Å². The minimum absolute atomic E-state index is 0.00777. The monoisotopic (exact) mass is 626 g/mol. The molecule has 2 aliphatic heterocycles. The predicted molar refractivity (Wildman–Crippen MR) is 177 cm³/mol. The van der Waals surface area contributed by atoms with Crippen molar-refractivity contribution in [3.8, 4) is 5.75 Å². The fourth-order valence-corrected chi connectivity index (χ4v) is 6.37. The van der Waals surface area contributed by atoms with Gasteiger partial charge in [0.25, 0.3) is 0 Å². The zero-order valence-corrected chi connectivity index (χ0v) is 26.8. The summed E-state index contributed by atoms with van der Waals surface area (Å²) in [5, 5.41) is 5.84. The Labute approximate surface area is 272 Å². The van der Waals surface area contributed by atoms with E-state index in [0.29, 0.717) is 51.8 Å². The maximum atomic E-state index is 13.7. The second-order valence-corrected chi connectivity index (χ2v) is 12.2. The van der Waals surface area contributed by atoms with Gasteiger partial charge in [-0.15, -0.1) is 0 Å². The zero-order chi connectivity index (χ0) is 32.2. The average molecular weight is 627 g/mol. The molecule has 2 heterocycles. The van der Waals surface area contributed by atoms with Gasteiger partial charge in [-0.1, -0.05) is 79.7 Å². The van der Waals surface area contributed by atoms with Crippen LogP contribution >= 0.6 is 0 Å². The molecule has 244 valence electrons. The van der Waals surface area contributed by atoms with Crippen molar-refractivity contribution in [1.82, 2.24) is 20.4 Å². The maximum absolute atomic E-state index is 13.7. The van der Waals surface area contributed by atoms with E-state index in [1.165, 1.54) is 0 Å². The minimum atomic E-state index is -0.801. The highest BCUT2D eigenvalue weighted by atomic mass is 16.5. The van der Waals surface area contributed by atoms with Gasteiger partial charge in [-0.25, -0.2) is 4.79 Å². The molecule has 3 aromatic carbocycles. The quantitative estimate of drug-likeness (QED) is 0.232. The highest BCUT2D eigenvalue weighted by Crippen LogP contribution is 2.34. The zero-order valence-electron chi connectivity index (χ0n) is 26.8. The van der Waals surface area contributed by atoms with Crippen LogP contribution in [0.5, 0.6) is 5.75 Å². The predicted octanol–water partition coefficient (Wildman–Crippen LogP) is 5.43. The highest BCUT2D eigenvalue weighted by Gasteiger charge is 2.53. The fourth-order valence-electron chi connectivity index (χ4n) is 6.37. The molecule has 3 amide bonds. The summed E-state index contributed by atoms with van der Waals surface area (Å²) in [5.41, 5.74) is 2.42. The van der Waals surface area contributed by atoms with Gasteiger partial charge in [0, 0.05) is 32.7 Å². The lowest BCUT2D eigenvalue weighted by molar-refractivity contribution is -0.161. The van der Waals surface area contributed by atoms with E-state index in [-0.39, 0.29) is 18.4 Å². The third-order valence-electron chi connectivity index (χ3n) is 8.89. The molecule has 9 heteroatoms. The van der Waals surface area contributed by atoms with Crippen molar-refractivity contribution in [2.24, 2.45) is 0 Å². The van der Waals surface area contributed by atoms with E-state index in [1.54, 1.807) is 0 Å². The van der Waals surface area contributed by atoms with Crippen LogP contribution in [0, 0.1) is 0 Å². The number of nitrogens with one attached hydrogen (secondary N) is 2. The number of carbonyl (C=O) groups is 3. The first-order valence-corrected chi connectivity index (χ1v) is 16.5. The molecule has 0 bridgehead atoms. The van der Waals surface area contributed by atoms with Gasteiger partial charge in [-0.3, -0.25) is 14.5 Å². The minimum Gasteiger partial charge on any atom is -0.489 e. The van der Waals surface area contributed by atoms with Gasteiger partial charge in [0.05, 0.1) is 0 Å². The van der Waals surface area contributed by atoms with E-state index < -0.39 is 17.7 Å². The molecule has 0 unspecified atom stereocenters. The van der Waals surface area contributed by atoms with Crippen molar-refractivity contribution < 1.29 is 23.9 Å². The lowest BCUT2D eigenvalue weighted by Gasteiger charge is -2.51. The van der Waals surface area contributed by atoms with Crippen molar-refractivity contribution in [2.75, 3.05) is 26.2 Å². The third kappa shape index (κ3) is 8.66. The van der Waals surface area contributed by atoms with Crippen LogP contribution in [0.2, 0.25) is 0 Å². The first-order valence-electron chi connectivity index (χ1n) is 16.5. The molecule has 5 rings (SSSR count). The number of carbonyl (C=O) groups excluding carboxylic acids is 3. The lowest BCUT2D eigenvalue weighted by atomic mass is 9.81. The molecule has 2 N–H and O–H groups in total. The first-order chi connectivity index (χ1) is 22.5. The molecule has 3 aromatic rings. The van der Waals surface area contributed by atoms with Crippen LogP contribution < -0.4 is 15.4 Å². The van der Waals surface area contributed by atoms with E-state index in [1.807, 2.05) is 72.5 Å². The molecule has 0 saturated carbocycles. The Morgan fingerprint density at radius 2 is 1.57 bits per heavy atom. The van der Waals surface area contributed by atoms with Gasteiger partial charge in [-0.2, -0.15) is 0 Å². The summed E-state index contributed by atoms with van der Waals surface area (Å²) in [6, 6.07) is 27.3. The van der Waals surface area contributed by atoms with Crippen LogP contribution in [0.15, 0.2) is 84.9 Å². The van der Waals surface area contributed by atoms with Crippen molar-refractivity contribution in [3.05, 3.63) is 102 Å². The number of benzene rings is 3. The number of piperidine rings is 1. The van der Waals surface area contributed by atoms with Gasteiger partial charge in [0.15, 0.2) is 0 Å². The molecule has 1 spiro atoms. The van der Waals surface area contributed by atoms with Gasteiger partial charge in [0.2, 0.25) is 11.8 Å². The third-order valence-corrected chi connectivity index (χ3v) is 8.89. The Morgan fingerprint density at radius 3 is 2.26 bits per heavy atom. The van der Waals surface area contributed by atoms with E-state index in [4.69, 9.17) is 9.47 Å². The molecular formula is C37H46N4O5. The number of unbranched alkanes of at least 4 members (excludes halogenated alkanes) is 1. The summed E-state index contributed by atoms with van der Waals surface area (Å²) in [5.74, 6) is 0.809. The fraction of sp³-hybridized carbons (Fsp3) is 0.432. The van der Waals surface area contributed by atoms with Gasteiger partial charge < -0.3 is 25.0 Å². The van der Waals surface area contributed by atoms with Crippen LogP contribution in [-0.2, 0) is 34.1 Å². The van der Waals surface area contributed by atoms with Crippen LogP contribution in [0.1, 0.15) is 62.1 Å². The topological polar surface area (TPSA) is 100 Å². The molecular weight excluding hydrogens is 580 g/mol. The maximum Gasteiger partial charge on any atom is 0.407 e. The SMILES string of the molecule is CCCN1C(=O)[C@H](CCCCNC(=O)OCc2ccccc2)NC(=O)C12CCN(Cc1cccc(OCc3ccccc3)c1)CC2. The van der Waals surface area contributed by atoms with E-state index in [0.717, 1.165) is 48.5 Å². The van der Waals surface area contributed by atoms with Crippen LogP contribution in [0.4, 0.5) is 4.79 Å². The highest BCUT2D eigenvalue weighted by molar-refractivity contribution is 6.00. The Morgan fingerprint density at radius 1 is 0.891 bits per heavy atom. The summed E-state index contributed by atoms with van der Waals surface area (Å²) >= 11 is 0. The van der Waals surface area contributed by atoms with Gasteiger partial charge in [-0.05, 0) is 67.3 Å². The normalized spacial score (nSPS) is 17.8. The summed E-state index contributed by atoms with van der Waals surface area (Å²) < 4.78 is 11.3. The second kappa shape index (κ2) is 16.3. The van der Waals surface area contributed by atoms with Gasteiger partial charge in [0.1, 0.15) is 30.5 Å². The molecule has 0 aromatic heterocycles. The summed E-state index contributed by atoms with van der Waals surface area (Å²) in [6.07, 6.45) is 3.47. The number of hydrogen-bond acceptors (Lipinski definition) is 6. The van der Waals surface area contributed by atoms with E-state index in [9.17, 15) is 14.4 Å². The first kappa shape index (κ1) is 33.0. The van der Waals surface area contributed by atoms with Crippen molar-refractivity contribution in [1.29, 1.82) is 0 Å². The largest absolute Gasteiger partial charge is 0.489 e. The van der Waals surface area contributed by atoms with Crippen LogP contribution in [0.3, 0.4) is 0 Å². The molecule has 2 fully saturated rings. The van der Waals surface area contributed by atoms with Crippen LogP contribution in [0.25, 0.3) is 0 Å². The number of piperazine rings is 1. The summed E-state index contributed by atoms with van der Waals surface area (Å²) in [4.78, 5) is 43.6. The van der Waals surface area contributed by atoms with Crippen molar-refractivity contribution in [2.45, 2.75) is 76.8 Å². The average Bonchev–Trinajstić information content (AvgIpc) is 3.09. The Balaban J connectivity index is 1.07. The molecule has 9 nitrogen and oxygen atoms in total.